The highest BCUT2D eigenvalue weighted by atomic mass is 19.1. The van der Waals surface area contributed by atoms with Gasteiger partial charge in [0.25, 0.3) is 0 Å². The molecular formula is C10H11F2NO2. The van der Waals surface area contributed by atoms with Crippen molar-refractivity contribution in [3.63, 3.8) is 0 Å². The molecule has 0 bridgehead atoms. The zero-order chi connectivity index (χ0) is 11.6. The Balaban J connectivity index is 3.17. The Morgan fingerprint density at radius 3 is 2.40 bits per heavy atom. The Bertz CT molecular complexity index is 380. The number of carboxylic acids is 1. The van der Waals surface area contributed by atoms with Gasteiger partial charge in [-0.25, -0.2) is 8.78 Å². The van der Waals surface area contributed by atoms with Gasteiger partial charge in [-0.2, -0.15) is 0 Å². The molecule has 0 saturated carbocycles. The van der Waals surface area contributed by atoms with E-state index in [9.17, 15) is 13.6 Å². The van der Waals surface area contributed by atoms with Crippen LogP contribution in [-0.4, -0.2) is 30.1 Å². The number of benzene rings is 1. The number of hydrogen-bond donors (Lipinski definition) is 1. The van der Waals surface area contributed by atoms with Crippen molar-refractivity contribution in [1.82, 2.24) is 4.90 Å². The lowest BCUT2D eigenvalue weighted by atomic mass is 10.1. The molecule has 82 valence electrons. The molecule has 0 heterocycles. The molecule has 0 aliphatic carbocycles. The van der Waals surface area contributed by atoms with Crippen LogP contribution < -0.4 is 0 Å². The van der Waals surface area contributed by atoms with E-state index in [0.717, 1.165) is 12.1 Å². The Labute approximate surface area is 85.9 Å². The van der Waals surface area contributed by atoms with Crippen LogP contribution in [-0.2, 0) is 4.79 Å². The van der Waals surface area contributed by atoms with Gasteiger partial charge in [0.05, 0.1) is 0 Å². The molecule has 15 heavy (non-hydrogen) atoms. The summed E-state index contributed by atoms with van der Waals surface area (Å²) >= 11 is 0. The lowest BCUT2D eigenvalue weighted by Gasteiger charge is -2.20. The topological polar surface area (TPSA) is 40.5 Å². The molecular weight excluding hydrogens is 204 g/mol. The van der Waals surface area contributed by atoms with E-state index in [1.807, 2.05) is 0 Å². The van der Waals surface area contributed by atoms with Crippen LogP contribution in [0.15, 0.2) is 18.2 Å². The largest absolute Gasteiger partial charge is 0.480 e. The van der Waals surface area contributed by atoms with Crippen molar-refractivity contribution < 1.29 is 18.7 Å². The fraction of sp³-hybridized carbons (Fsp3) is 0.300. The molecule has 1 aromatic rings. The second-order valence-electron chi connectivity index (χ2n) is 3.37. The monoisotopic (exact) mass is 215 g/mol. The van der Waals surface area contributed by atoms with Gasteiger partial charge < -0.3 is 5.11 Å². The summed E-state index contributed by atoms with van der Waals surface area (Å²) in [6, 6.07) is 1.75. The summed E-state index contributed by atoms with van der Waals surface area (Å²) in [5, 5.41) is 8.89. The van der Waals surface area contributed by atoms with Gasteiger partial charge in [-0.3, -0.25) is 9.69 Å². The zero-order valence-electron chi connectivity index (χ0n) is 8.37. The minimum absolute atomic E-state index is 0.0473. The molecule has 1 atom stereocenters. The van der Waals surface area contributed by atoms with E-state index >= 15 is 0 Å². The molecule has 0 aromatic heterocycles. The number of rotatable bonds is 3. The summed E-state index contributed by atoms with van der Waals surface area (Å²) in [5.41, 5.74) is -0.0473. The normalized spacial score (nSPS) is 12.9. The maximum absolute atomic E-state index is 13.3. The highest BCUT2D eigenvalue weighted by Crippen LogP contribution is 2.22. The van der Waals surface area contributed by atoms with Crippen LogP contribution in [0.5, 0.6) is 0 Å². The fourth-order valence-electron chi connectivity index (χ4n) is 1.36. The van der Waals surface area contributed by atoms with Gasteiger partial charge >= 0.3 is 5.97 Å². The average molecular weight is 215 g/mol. The number of likely N-dealkylation sites (N-methyl/N-ethyl adjacent to an activating group) is 1. The van der Waals surface area contributed by atoms with Crippen molar-refractivity contribution in [1.29, 1.82) is 0 Å². The first-order valence-corrected chi connectivity index (χ1v) is 4.27. The van der Waals surface area contributed by atoms with Crippen molar-refractivity contribution >= 4 is 5.97 Å². The predicted molar refractivity (Wildman–Crippen MR) is 50.4 cm³/mol. The fourth-order valence-corrected chi connectivity index (χ4v) is 1.36. The molecule has 1 unspecified atom stereocenters. The van der Waals surface area contributed by atoms with E-state index in [1.165, 1.54) is 19.0 Å². The summed E-state index contributed by atoms with van der Waals surface area (Å²) in [6.45, 7) is 0. The van der Waals surface area contributed by atoms with E-state index in [-0.39, 0.29) is 5.56 Å². The van der Waals surface area contributed by atoms with Gasteiger partial charge in [0.1, 0.15) is 17.7 Å². The number of hydrogen-bond acceptors (Lipinski definition) is 2. The van der Waals surface area contributed by atoms with Gasteiger partial charge in [0.15, 0.2) is 0 Å². The van der Waals surface area contributed by atoms with Crippen molar-refractivity contribution in [3.8, 4) is 0 Å². The predicted octanol–water partition coefficient (Wildman–Crippen LogP) is 1.65. The Morgan fingerprint density at radius 2 is 2.00 bits per heavy atom. The number of aliphatic carboxylic acids is 1. The van der Waals surface area contributed by atoms with Crippen LogP contribution >= 0.6 is 0 Å². The Hall–Kier alpha value is -1.49. The molecule has 5 heteroatoms. The van der Waals surface area contributed by atoms with E-state index in [2.05, 4.69) is 0 Å². The molecule has 0 spiro atoms. The van der Waals surface area contributed by atoms with Crippen molar-refractivity contribution in [2.24, 2.45) is 0 Å². The molecule has 0 saturated heterocycles. The van der Waals surface area contributed by atoms with Crippen LogP contribution in [0, 0.1) is 11.6 Å². The molecule has 1 N–H and O–H groups in total. The first-order chi connectivity index (χ1) is 6.93. The summed E-state index contributed by atoms with van der Waals surface area (Å²) in [6.07, 6.45) is 0. The molecule has 1 aromatic carbocycles. The quantitative estimate of drug-likeness (QED) is 0.833. The van der Waals surface area contributed by atoms with E-state index in [1.54, 1.807) is 0 Å². The van der Waals surface area contributed by atoms with Crippen LogP contribution in [0.3, 0.4) is 0 Å². The van der Waals surface area contributed by atoms with Gasteiger partial charge in [-0.1, -0.05) is 6.07 Å². The second kappa shape index (κ2) is 4.35. The molecule has 0 aliphatic heterocycles. The summed E-state index contributed by atoms with van der Waals surface area (Å²) < 4.78 is 25.9. The van der Waals surface area contributed by atoms with Crippen LogP contribution in [0.2, 0.25) is 0 Å². The van der Waals surface area contributed by atoms with Gasteiger partial charge in [-0.15, -0.1) is 0 Å². The molecule has 0 fully saturated rings. The smallest absolute Gasteiger partial charge is 0.325 e. The summed E-state index contributed by atoms with van der Waals surface area (Å²) in [5.74, 6) is -2.75. The third kappa shape index (κ3) is 2.50. The molecule has 0 radical (unpaired) electrons. The SMILES string of the molecule is CN(C)C(C(=O)O)c1ccc(F)cc1F. The number of carboxylic acid groups (broad SMARTS) is 1. The van der Waals surface area contributed by atoms with Crippen molar-refractivity contribution in [2.75, 3.05) is 14.1 Å². The van der Waals surface area contributed by atoms with Crippen LogP contribution in [0.25, 0.3) is 0 Å². The maximum Gasteiger partial charge on any atom is 0.325 e. The zero-order valence-corrected chi connectivity index (χ0v) is 8.37. The highest BCUT2D eigenvalue weighted by Gasteiger charge is 2.25. The number of halogens is 2. The molecule has 0 amide bonds. The van der Waals surface area contributed by atoms with E-state index in [4.69, 9.17) is 5.11 Å². The second-order valence-corrected chi connectivity index (χ2v) is 3.37. The average Bonchev–Trinajstić information content (AvgIpc) is 2.08. The van der Waals surface area contributed by atoms with Gasteiger partial charge in [0, 0.05) is 11.6 Å². The number of carbonyl (C=O) groups is 1. The molecule has 0 aliphatic rings. The minimum atomic E-state index is -1.18. The third-order valence-electron chi connectivity index (χ3n) is 2.01. The highest BCUT2D eigenvalue weighted by molar-refractivity contribution is 5.75. The van der Waals surface area contributed by atoms with E-state index in [0.29, 0.717) is 6.07 Å². The van der Waals surface area contributed by atoms with Crippen LogP contribution in [0.4, 0.5) is 8.78 Å². The summed E-state index contributed by atoms with van der Waals surface area (Å²) in [4.78, 5) is 12.2. The Morgan fingerprint density at radius 1 is 1.40 bits per heavy atom. The minimum Gasteiger partial charge on any atom is -0.480 e. The molecule has 3 nitrogen and oxygen atoms in total. The lowest BCUT2D eigenvalue weighted by Crippen LogP contribution is -2.28. The third-order valence-corrected chi connectivity index (χ3v) is 2.01. The van der Waals surface area contributed by atoms with E-state index < -0.39 is 23.6 Å². The van der Waals surface area contributed by atoms with Gasteiger partial charge in [0.2, 0.25) is 0 Å². The van der Waals surface area contributed by atoms with Crippen molar-refractivity contribution in [2.45, 2.75) is 6.04 Å². The maximum atomic E-state index is 13.3. The first-order valence-electron chi connectivity index (χ1n) is 4.27. The number of nitrogens with zero attached hydrogens (tertiary/aromatic N) is 1. The molecule has 1 rings (SSSR count). The van der Waals surface area contributed by atoms with Gasteiger partial charge in [-0.05, 0) is 20.2 Å². The van der Waals surface area contributed by atoms with Crippen molar-refractivity contribution in [3.05, 3.63) is 35.4 Å². The standard InChI is InChI=1S/C10H11F2NO2/c1-13(2)9(10(14)15)7-4-3-6(11)5-8(7)12/h3-5,9H,1-2H3,(H,14,15). The lowest BCUT2D eigenvalue weighted by molar-refractivity contribution is -0.142. The van der Waals surface area contributed by atoms with Crippen LogP contribution in [0.1, 0.15) is 11.6 Å². The first kappa shape index (κ1) is 11.6. The summed E-state index contributed by atoms with van der Waals surface area (Å²) in [7, 11) is 3.03. The Kier molecular flexibility index (Phi) is 3.36.